The van der Waals surface area contributed by atoms with E-state index in [1.54, 1.807) is 0 Å². The van der Waals surface area contributed by atoms with Crippen LogP contribution in [0.5, 0.6) is 5.75 Å². The van der Waals surface area contributed by atoms with Crippen molar-refractivity contribution in [2.75, 3.05) is 13.7 Å². The van der Waals surface area contributed by atoms with E-state index < -0.39 is 40.8 Å². The van der Waals surface area contributed by atoms with Crippen LogP contribution in [0.1, 0.15) is 15.9 Å². The number of imide groups is 1. The number of hydrogen-bond donors (Lipinski definition) is 2. The molecule has 124 valence electrons. The van der Waals surface area contributed by atoms with Crippen molar-refractivity contribution in [3.8, 4) is 18.1 Å². The van der Waals surface area contributed by atoms with Gasteiger partial charge in [0.05, 0.1) is 19.2 Å². The van der Waals surface area contributed by atoms with E-state index in [0.717, 1.165) is 18.1 Å². The number of amides is 4. The largest absolute Gasteiger partial charge is 0.491 e. The zero-order valence-electron chi connectivity index (χ0n) is 12.4. The number of carbonyl (C=O) groups excluding carboxylic acids is 3. The standard InChI is InChI=1S/C15H11F2N3O4/c1-3-15(13(22)18-14(23)19-15)6-20-5-7-4-8(16)11(24-2)10(17)9(7)12(20)21/h1,4H,5-6H2,2H3,(H2,18,19,22,23)/t15-/m1/s1. The van der Waals surface area contributed by atoms with E-state index in [9.17, 15) is 23.2 Å². The third-order valence-electron chi connectivity index (χ3n) is 3.94. The topological polar surface area (TPSA) is 87.7 Å². The fourth-order valence-corrected chi connectivity index (χ4v) is 2.79. The van der Waals surface area contributed by atoms with Crippen LogP contribution in [0.2, 0.25) is 0 Å². The van der Waals surface area contributed by atoms with Gasteiger partial charge in [-0.15, -0.1) is 6.42 Å². The van der Waals surface area contributed by atoms with Gasteiger partial charge in [0.1, 0.15) is 0 Å². The molecule has 0 radical (unpaired) electrons. The van der Waals surface area contributed by atoms with Gasteiger partial charge in [-0.1, -0.05) is 5.92 Å². The first-order chi connectivity index (χ1) is 11.3. The highest BCUT2D eigenvalue weighted by molar-refractivity contribution is 6.10. The lowest BCUT2D eigenvalue weighted by atomic mass is 10.0. The molecule has 24 heavy (non-hydrogen) atoms. The predicted molar refractivity (Wildman–Crippen MR) is 75.9 cm³/mol. The van der Waals surface area contributed by atoms with Crippen molar-refractivity contribution < 1.29 is 27.9 Å². The van der Waals surface area contributed by atoms with Crippen LogP contribution in [-0.4, -0.2) is 41.9 Å². The van der Waals surface area contributed by atoms with Gasteiger partial charge >= 0.3 is 6.03 Å². The van der Waals surface area contributed by atoms with Gasteiger partial charge in [-0.25, -0.2) is 13.6 Å². The maximum Gasteiger partial charge on any atom is 0.323 e. The average Bonchev–Trinajstić information content (AvgIpc) is 2.97. The molecule has 0 bridgehead atoms. The minimum absolute atomic E-state index is 0.104. The summed E-state index contributed by atoms with van der Waals surface area (Å²) in [6.07, 6.45) is 5.33. The number of urea groups is 1. The summed E-state index contributed by atoms with van der Waals surface area (Å²) in [5, 5.41) is 4.25. The summed E-state index contributed by atoms with van der Waals surface area (Å²) < 4.78 is 32.7. The van der Waals surface area contributed by atoms with E-state index in [-0.39, 0.29) is 24.2 Å². The van der Waals surface area contributed by atoms with Crippen molar-refractivity contribution in [1.82, 2.24) is 15.5 Å². The van der Waals surface area contributed by atoms with E-state index in [1.807, 2.05) is 5.32 Å². The average molecular weight is 335 g/mol. The molecular formula is C15H11F2N3O4. The molecule has 9 heteroatoms. The summed E-state index contributed by atoms with van der Waals surface area (Å²) in [4.78, 5) is 36.7. The first kappa shape index (κ1) is 15.7. The van der Waals surface area contributed by atoms with Crippen molar-refractivity contribution in [1.29, 1.82) is 0 Å². The smallest absolute Gasteiger partial charge is 0.323 e. The lowest BCUT2D eigenvalue weighted by Crippen LogP contribution is -2.54. The lowest BCUT2D eigenvalue weighted by Gasteiger charge is -2.26. The molecule has 2 heterocycles. The maximum absolute atomic E-state index is 14.3. The van der Waals surface area contributed by atoms with Crippen molar-refractivity contribution in [3.63, 3.8) is 0 Å². The lowest BCUT2D eigenvalue weighted by molar-refractivity contribution is -0.122. The summed E-state index contributed by atoms with van der Waals surface area (Å²) in [6.45, 7) is -0.531. The molecule has 1 aromatic carbocycles. The summed E-state index contributed by atoms with van der Waals surface area (Å²) in [6, 6.07) is 0.200. The third-order valence-corrected chi connectivity index (χ3v) is 3.94. The van der Waals surface area contributed by atoms with Crippen LogP contribution in [0, 0.1) is 24.0 Å². The van der Waals surface area contributed by atoms with E-state index in [0.29, 0.717) is 0 Å². The van der Waals surface area contributed by atoms with E-state index >= 15 is 0 Å². The molecule has 2 aliphatic rings. The van der Waals surface area contributed by atoms with Crippen LogP contribution in [0.25, 0.3) is 0 Å². The number of ether oxygens (including phenoxy) is 1. The molecule has 3 rings (SSSR count). The van der Waals surface area contributed by atoms with Gasteiger partial charge in [-0.2, -0.15) is 0 Å². The first-order valence-electron chi connectivity index (χ1n) is 6.78. The fraction of sp³-hybridized carbons (Fsp3) is 0.267. The Morgan fingerprint density at radius 1 is 1.42 bits per heavy atom. The highest BCUT2D eigenvalue weighted by atomic mass is 19.1. The van der Waals surface area contributed by atoms with Gasteiger partial charge in [-0.3, -0.25) is 14.9 Å². The molecule has 0 spiro atoms. The Kier molecular flexibility index (Phi) is 3.41. The molecule has 0 unspecified atom stereocenters. The molecule has 2 N–H and O–H groups in total. The summed E-state index contributed by atoms with van der Waals surface area (Å²) in [7, 11) is 1.08. The molecule has 1 atom stereocenters. The molecular weight excluding hydrogens is 324 g/mol. The number of rotatable bonds is 3. The molecule has 0 saturated carbocycles. The number of terminal acetylenes is 1. The second-order valence-electron chi connectivity index (χ2n) is 5.36. The number of methoxy groups -OCH3 is 1. The van der Waals surface area contributed by atoms with Gasteiger partial charge < -0.3 is 15.0 Å². The Morgan fingerprint density at radius 3 is 2.67 bits per heavy atom. The molecule has 4 amide bonds. The van der Waals surface area contributed by atoms with Gasteiger partial charge in [0, 0.05) is 6.54 Å². The molecule has 0 aromatic heterocycles. The summed E-state index contributed by atoms with van der Waals surface area (Å²) in [5.74, 6) is -2.14. The van der Waals surface area contributed by atoms with Crippen LogP contribution in [0.3, 0.4) is 0 Å². The van der Waals surface area contributed by atoms with Crippen LogP contribution in [0.4, 0.5) is 13.6 Å². The molecule has 2 aliphatic heterocycles. The zero-order valence-corrected chi connectivity index (χ0v) is 12.4. The number of fused-ring (bicyclic) bond motifs is 1. The zero-order chi connectivity index (χ0) is 17.6. The second-order valence-corrected chi connectivity index (χ2v) is 5.36. The Labute approximate surface area is 134 Å². The Morgan fingerprint density at radius 2 is 2.12 bits per heavy atom. The Balaban J connectivity index is 1.95. The molecule has 1 aromatic rings. The van der Waals surface area contributed by atoms with Crippen LogP contribution in [-0.2, 0) is 11.3 Å². The quantitative estimate of drug-likeness (QED) is 0.608. The highest BCUT2D eigenvalue weighted by Crippen LogP contribution is 2.34. The van der Waals surface area contributed by atoms with Gasteiger partial charge in [0.25, 0.3) is 11.8 Å². The Bertz CT molecular complexity index is 833. The molecule has 1 saturated heterocycles. The predicted octanol–water partition coefficient (Wildman–Crippen LogP) is 0.141. The Hall–Kier alpha value is -3.15. The van der Waals surface area contributed by atoms with Gasteiger partial charge in [-0.05, 0) is 11.6 Å². The number of nitrogens with one attached hydrogen (secondary N) is 2. The number of halogens is 2. The third kappa shape index (κ3) is 2.07. The minimum atomic E-state index is -1.76. The monoisotopic (exact) mass is 335 g/mol. The SMILES string of the molecule is C#C[C@]1(CN2Cc3cc(F)c(OC)c(F)c3C2=O)NC(=O)NC1=O. The van der Waals surface area contributed by atoms with E-state index in [4.69, 9.17) is 6.42 Å². The van der Waals surface area contributed by atoms with Crippen molar-refractivity contribution in [2.24, 2.45) is 0 Å². The number of benzene rings is 1. The van der Waals surface area contributed by atoms with Crippen molar-refractivity contribution in [2.45, 2.75) is 12.1 Å². The van der Waals surface area contributed by atoms with Crippen molar-refractivity contribution >= 4 is 17.8 Å². The second kappa shape index (κ2) is 5.19. The van der Waals surface area contributed by atoms with E-state index in [2.05, 4.69) is 16.0 Å². The summed E-state index contributed by atoms with van der Waals surface area (Å²) >= 11 is 0. The van der Waals surface area contributed by atoms with Crippen LogP contribution < -0.4 is 15.4 Å². The van der Waals surface area contributed by atoms with Crippen molar-refractivity contribution in [3.05, 3.63) is 28.8 Å². The van der Waals surface area contributed by atoms with E-state index in [1.165, 1.54) is 0 Å². The van der Waals surface area contributed by atoms with Crippen LogP contribution >= 0.6 is 0 Å². The van der Waals surface area contributed by atoms with Gasteiger partial charge in [0.15, 0.2) is 22.9 Å². The number of carbonyl (C=O) groups is 3. The fourth-order valence-electron chi connectivity index (χ4n) is 2.79. The highest BCUT2D eigenvalue weighted by Gasteiger charge is 2.48. The number of nitrogens with zero attached hydrogens (tertiary/aromatic N) is 1. The molecule has 7 nitrogen and oxygen atoms in total. The molecule has 1 fully saturated rings. The molecule has 0 aliphatic carbocycles. The van der Waals surface area contributed by atoms with Gasteiger partial charge in [0.2, 0.25) is 0 Å². The normalized spacial score (nSPS) is 22.1. The first-order valence-corrected chi connectivity index (χ1v) is 6.78. The minimum Gasteiger partial charge on any atom is -0.491 e. The number of hydrogen-bond acceptors (Lipinski definition) is 4. The maximum atomic E-state index is 14.3. The van der Waals surface area contributed by atoms with Crippen LogP contribution in [0.15, 0.2) is 6.07 Å². The summed E-state index contributed by atoms with van der Waals surface area (Å²) in [5.41, 5.74) is -1.99.